The predicted octanol–water partition coefficient (Wildman–Crippen LogP) is 2.20. The van der Waals surface area contributed by atoms with Crippen molar-refractivity contribution in [2.24, 2.45) is 11.8 Å². The number of likely N-dealkylation sites (tertiary alicyclic amines) is 1. The first-order valence-corrected chi connectivity index (χ1v) is 7.47. The van der Waals surface area contributed by atoms with Gasteiger partial charge in [-0.3, -0.25) is 4.79 Å². The molecule has 0 bridgehead atoms. The van der Waals surface area contributed by atoms with Crippen molar-refractivity contribution < 1.29 is 19.7 Å². The number of aliphatic carboxylic acids is 1. The van der Waals surface area contributed by atoms with Gasteiger partial charge < -0.3 is 19.8 Å². The van der Waals surface area contributed by atoms with E-state index in [9.17, 15) is 15.0 Å². The Morgan fingerprint density at radius 3 is 2.71 bits per heavy atom. The molecule has 0 spiro atoms. The van der Waals surface area contributed by atoms with E-state index < -0.39 is 11.9 Å². The van der Waals surface area contributed by atoms with Gasteiger partial charge in [-0.25, -0.2) is 0 Å². The molecule has 2 N–H and O–H groups in total. The molecule has 0 saturated carbocycles. The van der Waals surface area contributed by atoms with Crippen LogP contribution in [0.25, 0.3) is 0 Å². The van der Waals surface area contributed by atoms with Crippen molar-refractivity contribution in [3.63, 3.8) is 0 Å². The standard InChI is InChI=1S/C16H23NO4/c1-2-17-8-6-12(7-9-17)15(16(19)20)11-21-14-5-3-4-13(18)10-14/h3-5,10,12,15,18H,2,6-9,11H2,1H3,(H,19,20). The molecule has 1 aliphatic heterocycles. The number of nitrogens with zero attached hydrogens (tertiary/aromatic N) is 1. The van der Waals surface area contributed by atoms with Crippen LogP contribution >= 0.6 is 0 Å². The van der Waals surface area contributed by atoms with Crippen LogP contribution in [-0.2, 0) is 4.79 Å². The maximum atomic E-state index is 11.5. The third-order valence-corrected chi connectivity index (χ3v) is 4.21. The van der Waals surface area contributed by atoms with Gasteiger partial charge in [-0.1, -0.05) is 13.0 Å². The van der Waals surface area contributed by atoms with Gasteiger partial charge in [0.05, 0.1) is 5.92 Å². The fourth-order valence-corrected chi connectivity index (χ4v) is 2.84. The van der Waals surface area contributed by atoms with Gasteiger partial charge in [-0.15, -0.1) is 0 Å². The predicted molar refractivity (Wildman–Crippen MR) is 79.6 cm³/mol. The molecule has 5 nitrogen and oxygen atoms in total. The minimum atomic E-state index is -0.801. The minimum absolute atomic E-state index is 0.121. The fraction of sp³-hybridized carbons (Fsp3) is 0.562. The van der Waals surface area contributed by atoms with E-state index in [1.54, 1.807) is 18.2 Å². The zero-order chi connectivity index (χ0) is 15.2. The van der Waals surface area contributed by atoms with E-state index in [4.69, 9.17) is 4.74 Å². The van der Waals surface area contributed by atoms with E-state index in [1.807, 2.05) is 0 Å². The molecule has 1 aliphatic rings. The lowest BCUT2D eigenvalue weighted by Crippen LogP contribution is -2.39. The third-order valence-electron chi connectivity index (χ3n) is 4.21. The lowest BCUT2D eigenvalue weighted by Gasteiger charge is -2.33. The lowest BCUT2D eigenvalue weighted by molar-refractivity contribution is -0.145. The highest BCUT2D eigenvalue weighted by atomic mass is 16.5. The van der Waals surface area contributed by atoms with Crippen LogP contribution < -0.4 is 4.74 Å². The molecule has 116 valence electrons. The summed E-state index contributed by atoms with van der Waals surface area (Å²) in [6, 6.07) is 6.46. The molecule has 1 fully saturated rings. The molecule has 5 heteroatoms. The van der Waals surface area contributed by atoms with Gasteiger partial charge in [-0.05, 0) is 50.5 Å². The molecule has 1 saturated heterocycles. The molecule has 1 unspecified atom stereocenters. The maximum absolute atomic E-state index is 11.5. The van der Waals surface area contributed by atoms with E-state index in [-0.39, 0.29) is 18.3 Å². The fourth-order valence-electron chi connectivity index (χ4n) is 2.84. The van der Waals surface area contributed by atoms with Crippen LogP contribution in [0.5, 0.6) is 11.5 Å². The van der Waals surface area contributed by atoms with Gasteiger partial charge in [0.2, 0.25) is 0 Å². The molecule has 1 atom stereocenters. The second-order valence-corrected chi connectivity index (χ2v) is 5.52. The van der Waals surface area contributed by atoms with Crippen molar-refractivity contribution in [1.82, 2.24) is 4.90 Å². The van der Waals surface area contributed by atoms with Gasteiger partial charge >= 0.3 is 5.97 Å². The topological polar surface area (TPSA) is 70.0 Å². The van der Waals surface area contributed by atoms with Crippen molar-refractivity contribution in [2.75, 3.05) is 26.2 Å². The average molecular weight is 293 g/mol. The normalized spacial score (nSPS) is 18.3. The Bertz CT molecular complexity index is 469. The summed E-state index contributed by atoms with van der Waals surface area (Å²) < 4.78 is 5.56. The molecule has 1 aromatic rings. The van der Waals surface area contributed by atoms with Gasteiger partial charge in [0.1, 0.15) is 18.1 Å². The summed E-state index contributed by atoms with van der Waals surface area (Å²) in [6.07, 6.45) is 1.79. The first kappa shape index (κ1) is 15.6. The number of rotatable bonds is 6. The Morgan fingerprint density at radius 2 is 2.14 bits per heavy atom. The van der Waals surface area contributed by atoms with Gasteiger partial charge in [-0.2, -0.15) is 0 Å². The highest BCUT2D eigenvalue weighted by molar-refractivity contribution is 5.70. The molecule has 1 heterocycles. The van der Waals surface area contributed by atoms with Crippen LogP contribution in [0.1, 0.15) is 19.8 Å². The quantitative estimate of drug-likeness (QED) is 0.841. The number of piperidine rings is 1. The number of aromatic hydroxyl groups is 1. The number of phenols is 1. The molecule has 0 aliphatic carbocycles. The smallest absolute Gasteiger partial charge is 0.310 e. The molecule has 21 heavy (non-hydrogen) atoms. The molecule has 2 rings (SSSR count). The van der Waals surface area contributed by atoms with Crippen LogP contribution in [0.4, 0.5) is 0 Å². The molecule has 0 amide bonds. The molecular weight excluding hydrogens is 270 g/mol. The van der Waals surface area contributed by atoms with E-state index >= 15 is 0 Å². The number of hydrogen-bond acceptors (Lipinski definition) is 4. The van der Waals surface area contributed by atoms with Crippen LogP contribution in [-0.4, -0.2) is 47.3 Å². The van der Waals surface area contributed by atoms with Crippen molar-refractivity contribution in [3.8, 4) is 11.5 Å². The van der Waals surface area contributed by atoms with Crippen LogP contribution in [0.15, 0.2) is 24.3 Å². The Hall–Kier alpha value is -1.75. The van der Waals surface area contributed by atoms with Crippen LogP contribution in [0.2, 0.25) is 0 Å². The number of carboxylic acid groups (broad SMARTS) is 1. The van der Waals surface area contributed by atoms with Crippen molar-refractivity contribution in [2.45, 2.75) is 19.8 Å². The molecule has 1 aromatic carbocycles. The van der Waals surface area contributed by atoms with Crippen molar-refractivity contribution in [1.29, 1.82) is 0 Å². The van der Waals surface area contributed by atoms with E-state index in [1.165, 1.54) is 6.07 Å². The first-order valence-electron chi connectivity index (χ1n) is 7.47. The second-order valence-electron chi connectivity index (χ2n) is 5.52. The number of hydrogen-bond donors (Lipinski definition) is 2. The summed E-state index contributed by atoms with van der Waals surface area (Å²) in [6.45, 7) is 5.20. The summed E-state index contributed by atoms with van der Waals surface area (Å²) in [5.74, 6) is -0.512. The number of carbonyl (C=O) groups is 1. The number of carboxylic acids is 1. The minimum Gasteiger partial charge on any atom is -0.508 e. The Morgan fingerprint density at radius 1 is 1.43 bits per heavy atom. The Kier molecular flexibility index (Phi) is 5.44. The number of ether oxygens (including phenoxy) is 1. The molecular formula is C16H23NO4. The lowest BCUT2D eigenvalue weighted by atomic mass is 9.84. The van der Waals surface area contributed by atoms with E-state index in [0.29, 0.717) is 5.75 Å². The average Bonchev–Trinajstić information content (AvgIpc) is 2.48. The van der Waals surface area contributed by atoms with Crippen LogP contribution in [0, 0.1) is 11.8 Å². The summed E-state index contributed by atoms with van der Waals surface area (Å²) in [4.78, 5) is 13.8. The zero-order valence-corrected chi connectivity index (χ0v) is 12.4. The van der Waals surface area contributed by atoms with E-state index in [2.05, 4.69) is 11.8 Å². The highest BCUT2D eigenvalue weighted by Gasteiger charge is 2.31. The maximum Gasteiger partial charge on any atom is 0.310 e. The van der Waals surface area contributed by atoms with Gasteiger partial charge in [0, 0.05) is 6.07 Å². The summed E-state index contributed by atoms with van der Waals surface area (Å²) in [5, 5.41) is 18.8. The summed E-state index contributed by atoms with van der Waals surface area (Å²) in [5.41, 5.74) is 0. The summed E-state index contributed by atoms with van der Waals surface area (Å²) >= 11 is 0. The summed E-state index contributed by atoms with van der Waals surface area (Å²) in [7, 11) is 0. The zero-order valence-electron chi connectivity index (χ0n) is 12.4. The number of phenolic OH excluding ortho intramolecular Hbond substituents is 1. The van der Waals surface area contributed by atoms with E-state index in [0.717, 1.165) is 32.5 Å². The van der Waals surface area contributed by atoms with Gasteiger partial charge in [0.25, 0.3) is 0 Å². The second kappa shape index (κ2) is 7.31. The van der Waals surface area contributed by atoms with Crippen molar-refractivity contribution in [3.05, 3.63) is 24.3 Å². The molecule has 0 aromatic heterocycles. The third kappa shape index (κ3) is 4.36. The first-order chi connectivity index (χ1) is 10.1. The SMILES string of the molecule is CCN1CCC(C(COc2cccc(O)c2)C(=O)O)CC1. The highest BCUT2D eigenvalue weighted by Crippen LogP contribution is 2.27. The monoisotopic (exact) mass is 293 g/mol. The largest absolute Gasteiger partial charge is 0.508 e. The Labute approximate surface area is 125 Å². The van der Waals surface area contributed by atoms with Gasteiger partial charge in [0.15, 0.2) is 0 Å². The Balaban J connectivity index is 1.92. The van der Waals surface area contributed by atoms with Crippen molar-refractivity contribution >= 4 is 5.97 Å². The number of benzene rings is 1. The van der Waals surface area contributed by atoms with Crippen LogP contribution in [0.3, 0.4) is 0 Å². The molecule has 0 radical (unpaired) electrons.